The lowest BCUT2D eigenvalue weighted by molar-refractivity contribution is 0.458. The van der Waals surface area contributed by atoms with E-state index in [4.69, 9.17) is 5.73 Å². The highest BCUT2D eigenvalue weighted by Gasteiger charge is 2.41. The molecule has 0 unspecified atom stereocenters. The number of aliphatic imine (C=N–C) groups is 1. The summed E-state index contributed by atoms with van der Waals surface area (Å²) in [7, 11) is -2.36. The van der Waals surface area contributed by atoms with E-state index in [0.717, 1.165) is 15.4 Å². The van der Waals surface area contributed by atoms with Gasteiger partial charge in [-0.05, 0) is 48.9 Å². The first-order chi connectivity index (χ1) is 12.7. The minimum Gasteiger partial charge on any atom is -0.369 e. The Balaban J connectivity index is 1.86. The van der Waals surface area contributed by atoms with Crippen LogP contribution in [-0.2, 0) is 15.6 Å². The molecular formula is C18H18FN5O2S. The number of aromatic nitrogens is 2. The quantitative estimate of drug-likeness (QED) is 0.703. The van der Waals surface area contributed by atoms with Crippen LogP contribution in [0.1, 0.15) is 12.5 Å². The van der Waals surface area contributed by atoms with E-state index in [2.05, 4.69) is 15.0 Å². The van der Waals surface area contributed by atoms with Crippen molar-refractivity contribution in [3.05, 3.63) is 54.0 Å². The predicted octanol–water partition coefficient (Wildman–Crippen LogP) is 2.17. The van der Waals surface area contributed by atoms with Gasteiger partial charge in [0.1, 0.15) is 17.0 Å². The molecule has 2 aromatic heterocycles. The van der Waals surface area contributed by atoms with Crippen molar-refractivity contribution in [2.45, 2.75) is 12.5 Å². The van der Waals surface area contributed by atoms with Crippen molar-refractivity contribution in [3.8, 4) is 11.3 Å². The molecule has 1 aromatic carbocycles. The highest BCUT2D eigenvalue weighted by molar-refractivity contribution is 7.89. The molecule has 0 aliphatic carbocycles. The van der Waals surface area contributed by atoms with Crippen molar-refractivity contribution in [2.75, 3.05) is 12.8 Å². The van der Waals surface area contributed by atoms with Gasteiger partial charge in [-0.2, -0.15) is 0 Å². The zero-order valence-corrected chi connectivity index (χ0v) is 15.6. The number of nitrogens with one attached hydrogen (secondary N) is 1. The van der Waals surface area contributed by atoms with Gasteiger partial charge in [-0.25, -0.2) is 27.1 Å². The average molecular weight is 387 g/mol. The van der Waals surface area contributed by atoms with Crippen LogP contribution >= 0.6 is 0 Å². The second-order valence-corrected chi connectivity index (χ2v) is 8.79. The number of fused-ring (bicyclic) bond motifs is 1. The SMILES string of the molecule is CN1C(N)=N[C@](C)(c2cc(-c3cc4cccnc4[nH]3)ccc2F)CS1(=O)=O. The molecule has 1 aliphatic rings. The summed E-state index contributed by atoms with van der Waals surface area (Å²) in [6.45, 7) is 1.57. The van der Waals surface area contributed by atoms with Crippen molar-refractivity contribution < 1.29 is 12.8 Å². The van der Waals surface area contributed by atoms with E-state index in [1.807, 2.05) is 18.2 Å². The van der Waals surface area contributed by atoms with Gasteiger partial charge >= 0.3 is 0 Å². The van der Waals surface area contributed by atoms with Crippen LogP contribution in [0.15, 0.2) is 47.6 Å². The lowest BCUT2D eigenvalue weighted by Crippen LogP contribution is -2.50. The van der Waals surface area contributed by atoms with E-state index >= 15 is 0 Å². The first kappa shape index (κ1) is 17.5. The van der Waals surface area contributed by atoms with Crippen LogP contribution in [-0.4, -0.2) is 41.5 Å². The molecule has 7 nitrogen and oxygen atoms in total. The molecule has 1 atom stereocenters. The van der Waals surface area contributed by atoms with Gasteiger partial charge in [0.25, 0.3) is 0 Å². The summed E-state index contributed by atoms with van der Waals surface area (Å²) in [4.78, 5) is 11.7. The number of aromatic amines is 1. The number of benzene rings is 1. The maximum Gasteiger partial charge on any atom is 0.239 e. The molecule has 27 heavy (non-hydrogen) atoms. The Labute approximate surface area is 155 Å². The number of hydrogen-bond acceptors (Lipinski definition) is 5. The van der Waals surface area contributed by atoms with Crippen molar-refractivity contribution in [1.29, 1.82) is 0 Å². The summed E-state index contributed by atoms with van der Waals surface area (Å²) in [6, 6.07) is 10.2. The molecule has 4 rings (SSSR count). The van der Waals surface area contributed by atoms with Crippen LogP contribution in [0.5, 0.6) is 0 Å². The Morgan fingerprint density at radius 3 is 2.78 bits per heavy atom. The zero-order chi connectivity index (χ0) is 19.4. The normalized spacial score (nSPS) is 22.0. The summed E-state index contributed by atoms with van der Waals surface area (Å²) < 4.78 is 40.4. The average Bonchev–Trinajstić information content (AvgIpc) is 3.03. The van der Waals surface area contributed by atoms with Crippen LogP contribution in [0.25, 0.3) is 22.3 Å². The maximum absolute atomic E-state index is 14.7. The fraction of sp³-hybridized carbons (Fsp3) is 0.222. The summed E-state index contributed by atoms with van der Waals surface area (Å²) >= 11 is 0. The van der Waals surface area contributed by atoms with E-state index in [1.165, 1.54) is 13.1 Å². The molecule has 9 heteroatoms. The fourth-order valence-electron chi connectivity index (χ4n) is 3.31. The van der Waals surface area contributed by atoms with Crippen molar-refractivity contribution in [3.63, 3.8) is 0 Å². The molecule has 0 radical (unpaired) electrons. The number of nitrogens with zero attached hydrogens (tertiary/aromatic N) is 3. The molecule has 0 fully saturated rings. The zero-order valence-electron chi connectivity index (χ0n) is 14.8. The molecule has 140 valence electrons. The van der Waals surface area contributed by atoms with Crippen LogP contribution in [0.2, 0.25) is 0 Å². The molecule has 3 heterocycles. The van der Waals surface area contributed by atoms with Crippen LogP contribution in [0, 0.1) is 5.82 Å². The van der Waals surface area contributed by atoms with Gasteiger partial charge in [-0.1, -0.05) is 0 Å². The third kappa shape index (κ3) is 2.84. The fourth-order valence-corrected chi connectivity index (χ4v) is 4.76. The number of sulfonamides is 1. The first-order valence-electron chi connectivity index (χ1n) is 8.26. The number of guanidine groups is 1. The largest absolute Gasteiger partial charge is 0.369 e. The molecule has 0 bridgehead atoms. The van der Waals surface area contributed by atoms with Gasteiger partial charge in [0, 0.05) is 29.9 Å². The topological polar surface area (TPSA) is 104 Å². The maximum atomic E-state index is 14.7. The van der Waals surface area contributed by atoms with Gasteiger partial charge in [-0.3, -0.25) is 0 Å². The molecule has 3 N–H and O–H groups in total. The van der Waals surface area contributed by atoms with Crippen molar-refractivity contribution in [1.82, 2.24) is 14.3 Å². The van der Waals surface area contributed by atoms with E-state index < -0.39 is 21.4 Å². The molecule has 0 spiro atoms. The number of nitrogens with two attached hydrogens (primary N) is 1. The highest BCUT2D eigenvalue weighted by atomic mass is 32.2. The summed E-state index contributed by atoms with van der Waals surface area (Å²) in [5.74, 6) is -1.07. The van der Waals surface area contributed by atoms with Crippen molar-refractivity contribution in [2.24, 2.45) is 10.7 Å². The second kappa shape index (κ2) is 5.78. The monoisotopic (exact) mass is 387 g/mol. The van der Waals surface area contributed by atoms with E-state index in [-0.39, 0.29) is 17.3 Å². The van der Waals surface area contributed by atoms with Gasteiger partial charge in [0.2, 0.25) is 16.0 Å². The molecule has 3 aromatic rings. The number of H-pyrrole nitrogens is 1. The molecule has 1 aliphatic heterocycles. The highest BCUT2D eigenvalue weighted by Crippen LogP contribution is 2.36. The lowest BCUT2D eigenvalue weighted by Gasteiger charge is -2.34. The number of halogens is 1. The Morgan fingerprint density at radius 1 is 1.30 bits per heavy atom. The molecular weight excluding hydrogens is 369 g/mol. The summed E-state index contributed by atoms with van der Waals surface area (Å²) in [6.07, 6.45) is 1.68. The van der Waals surface area contributed by atoms with Gasteiger partial charge < -0.3 is 10.7 Å². The lowest BCUT2D eigenvalue weighted by atomic mass is 9.92. The van der Waals surface area contributed by atoms with E-state index in [9.17, 15) is 12.8 Å². The Morgan fingerprint density at radius 2 is 2.07 bits per heavy atom. The minimum absolute atomic E-state index is 0.164. The van der Waals surface area contributed by atoms with Gasteiger partial charge in [0.15, 0.2) is 0 Å². The Bertz CT molecular complexity index is 1150. The van der Waals surface area contributed by atoms with Crippen LogP contribution in [0.4, 0.5) is 4.39 Å². The van der Waals surface area contributed by atoms with Crippen molar-refractivity contribution >= 4 is 27.0 Å². The minimum atomic E-state index is -3.69. The second-order valence-electron chi connectivity index (χ2n) is 6.79. The summed E-state index contributed by atoms with van der Waals surface area (Å²) in [5, 5.41) is 0.925. The van der Waals surface area contributed by atoms with Gasteiger partial charge in [-0.15, -0.1) is 0 Å². The molecule has 0 amide bonds. The van der Waals surface area contributed by atoms with E-state index in [1.54, 1.807) is 25.3 Å². The third-order valence-electron chi connectivity index (χ3n) is 4.81. The standard InChI is InChI=1S/C18H18FN5O2S/c1-18(10-27(25,26)24(2)17(20)23-18)13-8-11(5-6-14(13)19)15-9-12-4-3-7-21-16(12)22-15/h3-9H,10H2,1-2H3,(H2,20,23)(H,21,22)/t18-/m0/s1. The molecule has 0 saturated heterocycles. The number of rotatable bonds is 2. The van der Waals surface area contributed by atoms with Crippen LogP contribution < -0.4 is 5.73 Å². The predicted molar refractivity (Wildman–Crippen MR) is 102 cm³/mol. The van der Waals surface area contributed by atoms with Gasteiger partial charge in [0.05, 0.1) is 5.75 Å². The third-order valence-corrected chi connectivity index (χ3v) is 6.76. The first-order valence-corrected chi connectivity index (χ1v) is 9.87. The van der Waals surface area contributed by atoms with Crippen LogP contribution in [0.3, 0.4) is 0 Å². The number of pyridine rings is 1. The molecule has 0 saturated carbocycles. The summed E-state index contributed by atoms with van der Waals surface area (Å²) in [5.41, 5.74) is 6.80. The Hall–Kier alpha value is -2.94. The Kier molecular flexibility index (Phi) is 3.74. The smallest absolute Gasteiger partial charge is 0.239 e. The van der Waals surface area contributed by atoms with E-state index in [0.29, 0.717) is 11.2 Å². The number of hydrogen-bond donors (Lipinski definition) is 2.